The number of hydrogen-bond donors (Lipinski definition) is 1. The molecule has 2 amide bonds. The molecule has 0 spiro atoms. The minimum atomic E-state index is -1.04. The fourth-order valence-electron chi connectivity index (χ4n) is 4.06. The highest BCUT2D eigenvalue weighted by atomic mass is 16.8. The maximum Gasteiger partial charge on any atom is 0.338 e. The van der Waals surface area contributed by atoms with Crippen molar-refractivity contribution < 1.29 is 23.9 Å². The average Bonchev–Trinajstić information content (AvgIpc) is 2.91. The highest BCUT2D eigenvalue weighted by molar-refractivity contribution is 5.91. The van der Waals surface area contributed by atoms with Crippen molar-refractivity contribution in [3.63, 3.8) is 0 Å². The van der Waals surface area contributed by atoms with Crippen LogP contribution >= 0.6 is 0 Å². The summed E-state index contributed by atoms with van der Waals surface area (Å²) in [5, 5.41) is 2.92. The van der Waals surface area contributed by atoms with E-state index < -0.39 is 29.8 Å². The van der Waals surface area contributed by atoms with Crippen LogP contribution in [0.15, 0.2) is 0 Å². The Bertz CT molecular complexity index is 590. The number of likely N-dealkylation sites (N-methyl/N-ethyl adjacent to an activating group) is 1. The maximum atomic E-state index is 13.2. The summed E-state index contributed by atoms with van der Waals surface area (Å²) in [6.07, 6.45) is 6.96. The predicted octanol–water partition coefficient (Wildman–Crippen LogP) is 3.01. The number of nitrogens with one attached hydrogen (secondary N) is 1. The van der Waals surface area contributed by atoms with Crippen LogP contribution in [-0.4, -0.2) is 54.2 Å². The van der Waals surface area contributed by atoms with Gasteiger partial charge in [-0.05, 0) is 18.8 Å². The van der Waals surface area contributed by atoms with Crippen LogP contribution in [0.2, 0.25) is 0 Å². The van der Waals surface area contributed by atoms with E-state index >= 15 is 0 Å². The van der Waals surface area contributed by atoms with Gasteiger partial charge in [0.05, 0.1) is 5.92 Å². The van der Waals surface area contributed by atoms with Crippen LogP contribution in [0.3, 0.4) is 0 Å². The van der Waals surface area contributed by atoms with Crippen LogP contribution in [0.5, 0.6) is 0 Å². The van der Waals surface area contributed by atoms with E-state index in [0.29, 0.717) is 13.0 Å². The molecule has 0 bridgehead atoms. The molecule has 0 radical (unpaired) electrons. The van der Waals surface area contributed by atoms with Crippen molar-refractivity contribution >= 4 is 17.8 Å². The summed E-state index contributed by atoms with van der Waals surface area (Å²) in [6, 6.07) is -0.620. The van der Waals surface area contributed by atoms with Crippen LogP contribution in [0, 0.1) is 11.8 Å². The molecule has 2 rings (SSSR count). The molecule has 7 nitrogen and oxygen atoms in total. The van der Waals surface area contributed by atoms with Crippen molar-refractivity contribution in [3.05, 3.63) is 0 Å². The van der Waals surface area contributed by atoms with Crippen molar-refractivity contribution in [2.24, 2.45) is 11.8 Å². The molecule has 29 heavy (non-hydrogen) atoms. The van der Waals surface area contributed by atoms with Gasteiger partial charge < -0.3 is 19.7 Å². The number of ether oxygens (including phenoxy) is 2. The number of cyclic esters (lactones) is 1. The summed E-state index contributed by atoms with van der Waals surface area (Å²) < 4.78 is 11.1. The van der Waals surface area contributed by atoms with Gasteiger partial charge in [-0.1, -0.05) is 52.4 Å². The summed E-state index contributed by atoms with van der Waals surface area (Å²) in [5.74, 6) is -2.64. The number of carbonyl (C=O) groups excluding carboxylic acids is 3. The zero-order valence-corrected chi connectivity index (χ0v) is 18.7. The smallest absolute Gasteiger partial charge is 0.338 e. The molecule has 0 saturated carbocycles. The molecule has 0 aromatic heterocycles. The molecular weight excluding hydrogens is 372 g/mol. The summed E-state index contributed by atoms with van der Waals surface area (Å²) in [7, 11) is 1.79. The largest absolute Gasteiger partial charge is 0.432 e. The number of esters is 1. The van der Waals surface area contributed by atoms with Crippen LogP contribution in [0.25, 0.3) is 0 Å². The minimum Gasteiger partial charge on any atom is -0.432 e. The summed E-state index contributed by atoms with van der Waals surface area (Å²) in [5.41, 5.74) is 0. The van der Waals surface area contributed by atoms with Crippen molar-refractivity contribution in [3.8, 4) is 0 Å². The number of amides is 2. The molecule has 0 aromatic rings. The van der Waals surface area contributed by atoms with E-state index in [4.69, 9.17) is 9.47 Å². The lowest BCUT2D eigenvalue weighted by Crippen LogP contribution is -2.53. The van der Waals surface area contributed by atoms with Crippen LogP contribution in [-0.2, 0) is 23.9 Å². The average molecular weight is 411 g/mol. The van der Waals surface area contributed by atoms with Crippen molar-refractivity contribution in [1.82, 2.24) is 10.2 Å². The first-order valence-corrected chi connectivity index (χ1v) is 11.1. The molecule has 7 heteroatoms. The normalized spacial score (nSPS) is 30.5. The summed E-state index contributed by atoms with van der Waals surface area (Å²) in [4.78, 5) is 40.2. The third-order valence-electron chi connectivity index (χ3n) is 5.81. The maximum absolute atomic E-state index is 13.2. The van der Waals surface area contributed by atoms with E-state index in [1.807, 2.05) is 13.8 Å². The zero-order chi connectivity index (χ0) is 21.6. The Morgan fingerprint density at radius 1 is 1.00 bits per heavy atom. The molecule has 2 aliphatic heterocycles. The lowest BCUT2D eigenvalue weighted by atomic mass is 9.92. The van der Waals surface area contributed by atoms with Gasteiger partial charge in [0.15, 0.2) is 6.10 Å². The second kappa shape index (κ2) is 10.4. The third kappa shape index (κ3) is 6.69. The third-order valence-corrected chi connectivity index (χ3v) is 5.81. The standard InChI is InChI=1S/C22H38N2O5/c1-15(2)17-20(26)24(5)14-12-10-8-6-7-9-11-13-16(19(25)23-17)18-21(27)29-22(3,4)28-18/h15-18H,6-14H2,1-5H3,(H,23,25)/t16-,17+,18+/m1/s1. The molecular formula is C22H38N2O5. The first-order chi connectivity index (χ1) is 13.6. The van der Waals surface area contributed by atoms with E-state index in [1.54, 1.807) is 25.8 Å². The monoisotopic (exact) mass is 410 g/mol. The molecule has 0 unspecified atom stereocenters. The van der Waals surface area contributed by atoms with Gasteiger partial charge in [0.25, 0.3) is 0 Å². The molecule has 0 aliphatic carbocycles. The van der Waals surface area contributed by atoms with E-state index in [0.717, 1.165) is 44.9 Å². The van der Waals surface area contributed by atoms with Gasteiger partial charge in [0, 0.05) is 27.4 Å². The Morgan fingerprint density at radius 2 is 1.59 bits per heavy atom. The van der Waals surface area contributed by atoms with Crippen LogP contribution < -0.4 is 5.32 Å². The topological polar surface area (TPSA) is 84.9 Å². The van der Waals surface area contributed by atoms with Crippen molar-refractivity contribution in [2.45, 2.75) is 97.0 Å². The quantitative estimate of drug-likeness (QED) is 0.708. The molecule has 2 saturated heterocycles. The fraction of sp³-hybridized carbons (Fsp3) is 0.864. The Balaban J connectivity index is 2.22. The molecule has 2 fully saturated rings. The number of nitrogens with zero attached hydrogens (tertiary/aromatic N) is 1. The number of rotatable bonds is 2. The van der Waals surface area contributed by atoms with Gasteiger partial charge in [-0.3, -0.25) is 9.59 Å². The second-order valence-electron chi connectivity index (χ2n) is 9.22. The Labute approximate surface area is 174 Å². The lowest BCUT2D eigenvalue weighted by Gasteiger charge is -2.29. The summed E-state index contributed by atoms with van der Waals surface area (Å²) in [6.45, 7) is 7.87. The molecule has 2 aliphatic rings. The van der Waals surface area contributed by atoms with Crippen LogP contribution in [0.4, 0.5) is 0 Å². The first-order valence-electron chi connectivity index (χ1n) is 11.1. The van der Waals surface area contributed by atoms with Crippen LogP contribution in [0.1, 0.15) is 79.1 Å². The molecule has 0 aromatic carbocycles. The lowest BCUT2D eigenvalue weighted by molar-refractivity contribution is -0.162. The highest BCUT2D eigenvalue weighted by Gasteiger charge is 2.48. The van der Waals surface area contributed by atoms with E-state index in [-0.39, 0.29) is 17.7 Å². The van der Waals surface area contributed by atoms with E-state index in [9.17, 15) is 14.4 Å². The van der Waals surface area contributed by atoms with E-state index in [2.05, 4.69) is 5.32 Å². The number of carbonyl (C=O) groups is 3. The van der Waals surface area contributed by atoms with Gasteiger partial charge in [-0.15, -0.1) is 0 Å². The van der Waals surface area contributed by atoms with Gasteiger partial charge in [-0.25, -0.2) is 4.79 Å². The highest BCUT2D eigenvalue weighted by Crippen LogP contribution is 2.31. The molecule has 166 valence electrons. The Morgan fingerprint density at radius 3 is 2.14 bits per heavy atom. The molecule has 2 heterocycles. The Kier molecular flexibility index (Phi) is 8.49. The SMILES string of the molecule is CC(C)[C@@H]1NC(=O)[C@@H]([C@@H]2OC(C)(C)OC2=O)CCCCCCCCCN(C)C1=O. The second-order valence-corrected chi connectivity index (χ2v) is 9.22. The first kappa shape index (κ1) is 23.6. The predicted molar refractivity (Wildman–Crippen MR) is 110 cm³/mol. The molecule has 3 atom stereocenters. The van der Waals surface area contributed by atoms with Gasteiger partial charge in [0.2, 0.25) is 17.6 Å². The van der Waals surface area contributed by atoms with E-state index in [1.165, 1.54) is 0 Å². The van der Waals surface area contributed by atoms with Gasteiger partial charge in [-0.2, -0.15) is 0 Å². The van der Waals surface area contributed by atoms with Crippen molar-refractivity contribution in [2.75, 3.05) is 13.6 Å². The van der Waals surface area contributed by atoms with Gasteiger partial charge >= 0.3 is 5.97 Å². The number of hydrogen-bond acceptors (Lipinski definition) is 5. The summed E-state index contributed by atoms with van der Waals surface area (Å²) >= 11 is 0. The van der Waals surface area contributed by atoms with Crippen molar-refractivity contribution in [1.29, 1.82) is 0 Å². The van der Waals surface area contributed by atoms with Gasteiger partial charge in [0.1, 0.15) is 6.04 Å². The molecule has 1 N–H and O–H groups in total. The fourth-order valence-corrected chi connectivity index (χ4v) is 4.06. The Hall–Kier alpha value is -1.63. The minimum absolute atomic E-state index is 0.0573. The zero-order valence-electron chi connectivity index (χ0n) is 18.7.